The first-order chi connectivity index (χ1) is 8.95. The van der Waals surface area contributed by atoms with E-state index in [1.807, 2.05) is 20.0 Å². The summed E-state index contributed by atoms with van der Waals surface area (Å²) in [6, 6.07) is 4.68. The van der Waals surface area contributed by atoms with E-state index in [1.165, 1.54) is 19.2 Å². The van der Waals surface area contributed by atoms with E-state index in [9.17, 15) is 9.18 Å². The van der Waals surface area contributed by atoms with Crippen molar-refractivity contribution in [3.05, 3.63) is 29.6 Å². The molecule has 0 radical (unpaired) electrons. The van der Waals surface area contributed by atoms with Crippen molar-refractivity contribution < 1.29 is 13.9 Å². The van der Waals surface area contributed by atoms with Gasteiger partial charge in [0.2, 0.25) is 0 Å². The Kier molecular flexibility index (Phi) is 3.75. The second-order valence-electron chi connectivity index (χ2n) is 5.20. The van der Waals surface area contributed by atoms with Crippen LogP contribution in [0.2, 0.25) is 0 Å². The summed E-state index contributed by atoms with van der Waals surface area (Å²) in [7, 11) is 3.32. The van der Waals surface area contributed by atoms with Crippen LogP contribution in [0.5, 0.6) is 0 Å². The van der Waals surface area contributed by atoms with Crippen molar-refractivity contribution in [3.8, 4) is 0 Å². The Morgan fingerprint density at radius 2 is 2.21 bits per heavy atom. The van der Waals surface area contributed by atoms with Crippen molar-refractivity contribution in [2.75, 3.05) is 32.6 Å². The van der Waals surface area contributed by atoms with Crippen molar-refractivity contribution in [2.24, 2.45) is 0 Å². The van der Waals surface area contributed by atoms with E-state index < -0.39 is 5.54 Å². The monoisotopic (exact) mass is 266 g/mol. The summed E-state index contributed by atoms with van der Waals surface area (Å²) in [5, 5.41) is 3.16. The van der Waals surface area contributed by atoms with Gasteiger partial charge in [-0.05, 0) is 44.2 Å². The van der Waals surface area contributed by atoms with Gasteiger partial charge in [-0.3, -0.25) is 0 Å². The Labute approximate surface area is 112 Å². The van der Waals surface area contributed by atoms with Gasteiger partial charge in [0, 0.05) is 18.8 Å². The van der Waals surface area contributed by atoms with Gasteiger partial charge in [0.25, 0.3) is 0 Å². The molecule has 1 fully saturated rings. The van der Waals surface area contributed by atoms with Gasteiger partial charge in [0.15, 0.2) is 0 Å². The van der Waals surface area contributed by atoms with Crippen LogP contribution in [0.25, 0.3) is 0 Å². The highest BCUT2D eigenvalue weighted by Crippen LogP contribution is 2.27. The Balaban J connectivity index is 2.28. The number of likely N-dealkylation sites (N-methyl/N-ethyl adjacent to an activating group) is 1. The summed E-state index contributed by atoms with van der Waals surface area (Å²) in [5.74, 6) is -0.618. The first-order valence-electron chi connectivity index (χ1n) is 6.27. The third-order valence-electron chi connectivity index (χ3n) is 3.46. The minimum Gasteiger partial charge on any atom is -0.467 e. The number of ether oxygens (including phenoxy) is 1. The summed E-state index contributed by atoms with van der Waals surface area (Å²) < 4.78 is 18.3. The van der Waals surface area contributed by atoms with E-state index in [2.05, 4.69) is 10.2 Å². The van der Waals surface area contributed by atoms with E-state index in [0.717, 1.165) is 12.1 Å². The number of aryl methyl sites for hydroxylation is 1. The van der Waals surface area contributed by atoms with Crippen LogP contribution in [0.15, 0.2) is 18.2 Å². The molecule has 1 aliphatic heterocycles. The van der Waals surface area contributed by atoms with Crippen molar-refractivity contribution in [1.82, 2.24) is 4.90 Å². The van der Waals surface area contributed by atoms with Crippen LogP contribution >= 0.6 is 0 Å². The number of halogens is 1. The second-order valence-corrected chi connectivity index (χ2v) is 5.20. The summed E-state index contributed by atoms with van der Waals surface area (Å²) in [6.07, 6.45) is 0.645. The molecular formula is C14H19FN2O2. The number of nitrogens with one attached hydrogen (secondary N) is 1. The smallest absolute Gasteiger partial charge is 0.332 e. The molecular weight excluding hydrogens is 247 g/mol. The van der Waals surface area contributed by atoms with E-state index >= 15 is 0 Å². The third kappa shape index (κ3) is 2.87. The van der Waals surface area contributed by atoms with Crippen LogP contribution in [0.1, 0.15) is 12.0 Å². The first-order valence-corrected chi connectivity index (χ1v) is 6.27. The average Bonchev–Trinajstić information content (AvgIpc) is 2.69. The van der Waals surface area contributed by atoms with Gasteiger partial charge in [-0.15, -0.1) is 0 Å². The van der Waals surface area contributed by atoms with Gasteiger partial charge in [-0.25, -0.2) is 9.18 Å². The minimum atomic E-state index is -0.788. The van der Waals surface area contributed by atoms with E-state index in [0.29, 0.717) is 18.7 Å². The molecule has 4 nitrogen and oxygen atoms in total. The molecule has 1 atom stereocenters. The first kappa shape index (κ1) is 13.8. The third-order valence-corrected chi connectivity index (χ3v) is 3.46. The molecule has 1 heterocycles. The Morgan fingerprint density at radius 3 is 2.74 bits per heavy atom. The average molecular weight is 266 g/mol. The van der Waals surface area contributed by atoms with Gasteiger partial charge < -0.3 is 15.0 Å². The largest absolute Gasteiger partial charge is 0.467 e. The maximum Gasteiger partial charge on any atom is 0.332 e. The van der Waals surface area contributed by atoms with E-state index in [1.54, 1.807) is 0 Å². The number of carbonyl (C=O) groups excluding carboxylic acids is 1. The molecule has 104 valence electrons. The molecule has 0 amide bonds. The number of anilines is 1. The zero-order chi connectivity index (χ0) is 14.0. The van der Waals surface area contributed by atoms with Gasteiger partial charge in [-0.2, -0.15) is 0 Å². The number of likely N-dealkylation sites (tertiary alicyclic amines) is 1. The lowest BCUT2D eigenvalue weighted by molar-refractivity contribution is -0.145. The maximum absolute atomic E-state index is 13.4. The molecule has 1 aromatic carbocycles. The number of nitrogens with zero attached hydrogens (tertiary/aromatic N) is 1. The zero-order valence-corrected chi connectivity index (χ0v) is 11.5. The second kappa shape index (κ2) is 5.17. The molecule has 0 aromatic heterocycles. The molecule has 1 N–H and O–H groups in total. The molecule has 0 aliphatic carbocycles. The van der Waals surface area contributed by atoms with Gasteiger partial charge >= 0.3 is 5.97 Å². The Bertz CT molecular complexity index is 472. The van der Waals surface area contributed by atoms with E-state index in [-0.39, 0.29) is 11.8 Å². The number of hydrogen-bond donors (Lipinski definition) is 1. The predicted octanol–water partition coefficient (Wildman–Crippen LogP) is 1.79. The van der Waals surface area contributed by atoms with Crippen LogP contribution in [0, 0.1) is 12.7 Å². The minimum absolute atomic E-state index is 0.307. The Morgan fingerprint density at radius 1 is 1.47 bits per heavy atom. The van der Waals surface area contributed by atoms with Crippen LogP contribution < -0.4 is 5.32 Å². The van der Waals surface area contributed by atoms with Gasteiger partial charge in [0.1, 0.15) is 11.4 Å². The van der Waals surface area contributed by atoms with Crippen LogP contribution in [-0.2, 0) is 9.53 Å². The zero-order valence-electron chi connectivity index (χ0n) is 11.5. The molecule has 5 heteroatoms. The highest BCUT2D eigenvalue weighted by molar-refractivity contribution is 5.85. The van der Waals surface area contributed by atoms with Crippen LogP contribution in [-0.4, -0.2) is 43.7 Å². The number of rotatable bonds is 3. The molecule has 1 saturated heterocycles. The van der Waals surface area contributed by atoms with E-state index in [4.69, 9.17) is 4.74 Å². The summed E-state index contributed by atoms with van der Waals surface area (Å²) >= 11 is 0. The van der Waals surface area contributed by atoms with Gasteiger partial charge in [-0.1, -0.05) is 0 Å². The lowest BCUT2D eigenvalue weighted by Gasteiger charge is -2.28. The number of carbonyl (C=O) groups is 1. The normalized spacial score (nSPS) is 23.4. The molecule has 0 bridgehead atoms. The lowest BCUT2D eigenvalue weighted by atomic mass is 9.98. The fourth-order valence-corrected chi connectivity index (χ4v) is 2.60. The molecule has 1 aromatic rings. The number of benzene rings is 1. The number of hydrogen-bond acceptors (Lipinski definition) is 4. The molecule has 0 spiro atoms. The standard InChI is InChI=1S/C14H19FN2O2/c1-10-6-11(15)8-12(7-10)16-14(13(18)19-3)4-5-17(2)9-14/h6-8,16H,4-5,9H2,1-3H3. The molecule has 1 unspecified atom stereocenters. The highest BCUT2D eigenvalue weighted by Gasteiger charge is 2.44. The quantitative estimate of drug-likeness (QED) is 0.847. The molecule has 2 rings (SSSR count). The number of methoxy groups -OCH3 is 1. The predicted molar refractivity (Wildman–Crippen MR) is 71.6 cm³/mol. The van der Waals surface area contributed by atoms with Crippen molar-refractivity contribution in [1.29, 1.82) is 0 Å². The summed E-state index contributed by atoms with van der Waals surface area (Å²) in [6.45, 7) is 3.17. The lowest BCUT2D eigenvalue weighted by Crippen LogP contribution is -2.49. The number of esters is 1. The molecule has 0 saturated carbocycles. The fourth-order valence-electron chi connectivity index (χ4n) is 2.60. The van der Waals surface area contributed by atoms with Gasteiger partial charge in [0.05, 0.1) is 7.11 Å². The molecule has 19 heavy (non-hydrogen) atoms. The van der Waals surface area contributed by atoms with Crippen molar-refractivity contribution in [2.45, 2.75) is 18.9 Å². The highest BCUT2D eigenvalue weighted by atomic mass is 19.1. The fraction of sp³-hybridized carbons (Fsp3) is 0.500. The summed E-state index contributed by atoms with van der Waals surface area (Å²) in [4.78, 5) is 14.1. The van der Waals surface area contributed by atoms with Crippen molar-refractivity contribution in [3.63, 3.8) is 0 Å². The SMILES string of the molecule is COC(=O)C1(Nc2cc(C)cc(F)c2)CCN(C)C1. The Hall–Kier alpha value is -1.62. The van der Waals surface area contributed by atoms with Crippen molar-refractivity contribution >= 4 is 11.7 Å². The maximum atomic E-state index is 13.4. The topological polar surface area (TPSA) is 41.6 Å². The molecule has 1 aliphatic rings. The summed E-state index contributed by atoms with van der Waals surface area (Å²) in [5.41, 5.74) is 0.635. The van der Waals surface area contributed by atoms with Crippen LogP contribution in [0.4, 0.5) is 10.1 Å². The van der Waals surface area contributed by atoms with Crippen LogP contribution in [0.3, 0.4) is 0 Å².